The Morgan fingerprint density at radius 2 is 1.95 bits per heavy atom. The molecular formula is C14H20ClNO3S. The number of hydrogen-bond acceptors (Lipinski definition) is 3. The molecule has 0 aliphatic rings. The van der Waals surface area contributed by atoms with Crippen molar-refractivity contribution in [2.24, 2.45) is 5.92 Å². The fourth-order valence-corrected chi connectivity index (χ4v) is 2.70. The number of carbonyl (C=O) groups excluding carboxylic acids is 1. The predicted molar refractivity (Wildman–Crippen MR) is 80.6 cm³/mol. The number of amides is 1. The van der Waals surface area contributed by atoms with Crippen molar-refractivity contribution < 1.29 is 13.2 Å². The first-order valence-corrected chi connectivity index (χ1v) is 8.85. The number of hydrogen-bond donors (Lipinski definition) is 1. The maximum absolute atomic E-state index is 12.0. The monoisotopic (exact) mass is 317 g/mol. The predicted octanol–water partition coefficient (Wildman–Crippen LogP) is 3.09. The summed E-state index contributed by atoms with van der Waals surface area (Å²) in [7, 11) is 1.48. The number of rotatable bonds is 6. The van der Waals surface area contributed by atoms with Gasteiger partial charge in [-0.25, -0.2) is 8.42 Å². The average molecular weight is 318 g/mol. The Kier molecular flexibility index (Phi) is 6.02. The van der Waals surface area contributed by atoms with Crippen molar-refractivity contribution >= 4 is 25.6 Å². The molecule has 112 valence electrons. The van der Waals surface area contributed by atoms with E-state index in [-0.39, 0.29) is 10.8 Å². The van der Waals surface area contributed by atoms with Gasteiger partial charge in [0.2, 0.25) is 0 Å². The molecule has 1 rings (SSSR count). The molecule has 4 nitrogen and oxygen atoms in total. The third-order valence-corrected chi connectivity index (χ3v) is 4.17. The van der Waals surface area contributed by atoms with Crippen molar-refractivity contribution in [3.63, 3.8) is 0 Å². The third kappa shape index (κ3) is 5.51. The van der Waals surface area contributed by atoms with Crippen LogP contribution in [0.1, 0.15) is 42.6 Å². The zero-order valence-electron chi connectivity index (χ0n) is 11.9. The van der Waals surface area contributed by atoms with E-state index in [4.69, 9.17) is 10.7 Å². The lowest BCUT2D eigenvalue weighted by molar-refractivity contribution is 0.0952. The number of carbonyl (C=O) groups is 1. The van der Waals surface area contributed by atoms with E-state index in [1.807, 2.05) is 0 Å². The highest BCUT2D eigenvalue weighted by molar-refractivity contribution is 8.13. The topological polar surface area (TPSA) is 63.2 Å². The summed E-state index contributed by atoms with van der Waals surface area (Å²) in [5.41, 5.74) is 0.993. The lowest BCUT2D eigenvalue weighted by Crippen LogP contribution is -2.25. The minimum atomic E-state index is -3.83. The standard InChI is InChI=1S/C14H20ClNO3S/c1-10(2)5-4-6-16-14(17)12-7-11(3)8-13(9-12)20(15,18)19/h7-10H,4-6H2,1-3H3,(H,16,17). The first-order valence-electron chi connectivity index (χ1n) is 6.54. The van der Waals surface area contributed by atoms with Crippen molar-refractivity contribution in [1.82, 2.24) is 5.32 Å². The Hall–Kier alpha value is -1.07. The van der Waals surface area contributed by atoms with Crippen LogP contribution in [0.4, 0.5) is 0 Å². The molecule has 6 heteroatoms. The van der Waals surface area contributed by atoms with E-state index >= 15 is 0 Å². The minimum Gasteiger partial charge on any atom is -0.352 e. The SMILES string of the molecule is Cc1cc(C(=O)NCCCC(C)C)cc(S(=O)(=O)Cl)c1. The summed E-state index contributed by atoms with van der Waals surface area (Å²) in [6, 6.07) is 4.38. The van der Waals surface area contributed by atoms with Crippen LogP contribution in [-0.2, 0) is 9.05 Å². The van der Waals surface area contributed by atoms with Gasteiger partial charge in [0.1, 0.15) is 0 Å². The van der Waals surface area contributed by atoms with Gasteiger partial charge in [-0.15, -0.1) is 0 Å². The van der Waals surface area contributed by atoms with E-state index in [0.717, 1.165) is 12.8 Å². The van der Waals surface area contributed by atoms with E-state index in [9.17, 15) is 13.2 Å². The van der Waals surface area contributed by atoms with Gasteiger partial charge in [0, 0.05) is 22.8 Å². The molecule has 1 aromatic carbocycles. The second-order valence-corrected chi connectivity index (χ2v) is 7.83. The fraction of sp³-hybridized carbons (Fsp3) is 0.500. The summed E-state index contributed by atoms with van der Waals surface area (Å²) < 4.78 is 22.7. The molecule has 0 aliphatic carbocycles. The van der Waals surface area contributed by atoms with Gasteiger partial charge in [0.15, 0.2) is 0 Å². The van der Waals surface area contributed by atoms with Crippen LogP contribution in [0.3, 0.4) is 0 Å². The molecule has 0 atom stereocenters. The highest BCUT2D eigenvalue weighted by Crippen LogP contribution is 2.18. The van der Waals surface area contributed by atoms with Gasteiger partial charge in [0.05, 0.1) is 4.90 Å². The van der Waals surface area contributed by atoms with Crippen LogP contribution in [0, 0.1) is 12.8 Å². The first kappa shape index (κ1) is 17.0. The minimum absolute atomic E-state index is 0.0495. The Bertz CT molecular complexity index is 582. The van der Waals surface area contributed by atoms with E-state index in [0.29, 0.717) is 23.6 Å². The maximum atomic E-state index is 12.0. The lowest BCUT2D eigenvalue weighted by Gasteiger charge is -2.08. The molecule has 20 heavy (non-hydrogen) atoms. The average Bonchev–Trinajstić information content (AvgIpc) is 2.32. The zero-order chi connectivity index (χ0) is 15.3. The first-order chi connectivity index (χ1) is 9.20. The van der Waals surface area contributed by atoms with E-state index in [1.165, 1.54) is 12.1 Å². The summed E-state index contributed by atoms with van der Waals surface area (Å²) in [6.07, 6.45) is 1.94. The molecule has 1 aromatic rings. The molecular weight excluding hydrogens is 298 g/mol. The summed E-state index contributed by atoms with van der Waals surface area (Å²) in [4.78, 5) is 11.9. The Morgan fingerprint density at radius 1 is 1.30 bits per heavy atom. The second kappa shape index (κ2) is 7.09. The molecule has 0 spiro atoms. The molecule has 0 radical (unpaired) electrons. The van der Waals surface area contributed by atoms with Crippen molar-refractivity contribution in [2.45, 2.75) is 38.5 Å². The van der Waals surface area contributed by atoms with Crippen LogP contribution in [0.25, 0.3) is 0 Å². The van der Waals surface area contributed by atoms with Crippen LogP contribution < -0.4 is 5.32 Å². The maximum Gasteiger partial charge on any atom is 0.261 e. The molecule has 1 amide bonds. The van der Waals surface area contributed by atoms with Crippen LogP contribution in [-0.4, -0.2) is 20.9 Å². The zero-order valence-corrected chi connectivity index (χ0v) is 13.5. The van der Waals surface area contributed by atoms with Gasteiger partial charge >= 0.3 is 0 Å². The van der Waals surface area contributed by atoms with Crippen LogP contribution in [0.2, 0.25) is 0 Å². The molecule has 0 saturated heterocycles. The van der Waals surface area contributed by atoms with Crippen LogP contribution in [0.15, 0.2) is 23.1 Å². The molecule has 0 fully saturated rings. The third-order valence-electron chi connectivity index (χ3n) is 2.84. The van der Waals surface area contributed by atoms with Crippen molar-refractivity contribution in [3.05, 3.63) is 29.3 Å². The summed E-state index contributed by atoms with van der Waals surface area (Å²) >= 11 is 0. The molecule has 0 bridgehead atoms. The molecule has 0 aromatic heterocycles. The molecule has 0 unspecified atom stereocenters. The van der Waals surface area contributed by atoms with E-state index < -0.39 is 9.05 Å². The molecule has 0 aliphatic heterocycles. The molecule has 0 saturated carbocycles. The Morgan fingerprint density at radius 3 is 2.50 bits per heavy atom. The number of aryl methyl sites for hydroxylation is 1. The van der Waals surface area contributed by atoms with Gasteiger partial charge in [0.25, 0.3) is 15.0 Å². The lowest BCUT2D eigenvalue weighted by atomic mass is 10.1. The van der Waals surface area contributed by atoms with E-state index in [1.54, 1.807) is 13.0 Å². The van der Waals surface area contributed by atoms with Gasteiger partial charge in [-0.1, -0.05) is 13.8 Å². The normalized spacial score (nSPS) is 11.7. The van der Waals surface area contributed by atoms with Gasteiger partial charge in [-0.05, 0) is 49.4 Å². The second-order valence-electron chi connectivity index (χ2n) is 5.26. The fourth-order valence-electron chi connectivity index (χ4n) is 1.83. The van der Waals surface area contributed by atoms with Gasteiger partial charge in [-0.3, -0.25) is 4.79 Å². The van der Waals surface area contributed by atoms with Crippen molar-refractivity contribution in [3.8, 4) is 0 Å². The van der Waals surface area contributed by atoms with Crippen LogP contribution >= 0.6 is 10.7 Å². The molecule has 1 N–H and O–H groups in total. The van der Waals surface area contributed by atoms with Gasteiger partial charge < -0.3 is 5.32 Å². The highest BCUT2D eigenvalue weighted by atomic mass is 35.7. The Labute approximate surface area is 124 Å². The number of benzene rings is 1. The van der Waals surface area contributed by atoms with Crippen molar-refractivity contribution in [2.75, 3.05) is 6.54 Å². The summed E-state index contributed by atoms with van der Waals surface area (Å²) in [5, 5.41) is 2.78. The number of nitrogens with one attached hydrogen (secondary N) is 1. The Balaban J connectivity index is 2.76. The van der Waals surface area contributed by atoms with Crippen molar-refractivity contribution in [1.29, 1.82) is 0 Å². The summed E-state index contributed by atoms with van der Waals surface area (Å²) in [5.74, 6) is 0.317. The van der Waals surface area contributed by atoms with Gasteiger partial charge in [-0.2, -0.15) is 0 Å². The molecule has 0 heterocycles. The quantitative estimate of drug-likeness (QED) is 0.647. The smallest absolute Gasteiger partial charge is 0.261 e. The highest BCUT2D eigenvalue weighted by Gasteiger charge is 2.14. The van der Waals surface area contributed by atoms with E-state index in [2.05, 4.69) is 19.2 Å². The summed E-state index contributed by atoms with van der Waals surface area (Å²) in [6.45, 7) is 6.55. The van der Waals surface area contributed by atoms with Crippen LogP contribution in [0.5, 0.6) is 0 Å². The number of halogens is 1. The largest absolute Gasteiger partial charge is 0.352 e.